The second kappa shape index (κ2) is 4.90. The van der Waals surface area contributed by atoms with Gasteiger partial charge in [0.2, 0.25) is 5.88 Å². The summed E-state index contributed by atoms with van der Waals surface area (Å²) in [6, 6.07) is 8.37. The average Bonchev–Trinajstić information content (AvgIpc) is 3.16. The summed E-state index contributed by atoms with van der Waals surface area (Å²) in [6.45, 7) is 2.03. The Morgan fingerprint density at radius 2 is 2.05 bits per heavy atom. The molecule has 0 atom stereocenters. The summed E-state index contributed by atoms with van der Waals surface area (Å²) in [5, 5.41) is 10.3. The third-order valence-corrected chi connectivity index (χ3v) is 4.35. The van der Waals surface area contributed by atoms with Crippen LogP contribution in [0, 0.1) is 10.9 Å². The molecule has 5 heteroatoms. The summed E-state index contributed by atoms with van der Waals surface area (Å²) >= 11 is 6.72. The lowest BCUT2D eigenvalue weighted by Gasteiger charge is -2.04. The number of rotatable bonds is 3. The predicted molar refractivity (Wildman–Crippen MR) is 81.5 cm³/mol. The first kappa shape index (κ1) is 12.6. The van der Waals surface area contributed by atoms with Gasteiger partial charge in [-0.25, -0.2) is 0 Å². The van der Waals surface area contributed by atoms with Crippen LogP contribution in [0.3, 0.4) is 0 Å². The van der Waals surface area contributed by atoms with Gasteiger partial charge in [-0.15, -0.1) is 0 Å². The lowest BCUT2D eigenvalue weighted by atomic mass is 10.2. The Hall–Kier alpha value is -1.46. The molecule has 1 N–H and O–H groups in total. The Morgan fingerprint density at radius 3 is 2.68 bits per heavy atom. The number of hydrogen-bond donors (Lipinski definition) is 1. The molecule has 98 valence electrons. The van der Waals surface area contributed by atoms with Crippen molar-refractivity contribution in [1.82, 2.24) is 4.57 Å². The van der Waals surface area contributed by atoms with Gasteiger partial charge in [0.05, 0.1) is 11.7 Å². The summed E-state index contributed by atoms with van der Waals surface area (Å²) in [6.07, 6.45) is 4.06. The van der Waals surface area contributed by atoms with Crippen molar-refractivity contribution in [2.45, 2.75) is 25.8 Å². The van der Waals surface area contributed by atoms with E-state index < -0.39 is 0 Å². The van der Waals surface area contributed by atoms with Crippen LogP contribution in [0.1, 0.15) is 23.3 Å². The molecule has 1 saturated carbocycles. The highest BCUT2D eigenvalue weighted by atomic mass is 32.1. The van der Waals surface area contributed by atoms with E-state index in [1.54, 1.807) is 10.8 Å². The molecule has 0 unspecified atom stereocenters. The first-order valence-electron chi connectivity index (χ1n) is 6.20. The third-order valence-electron chi connectivity index (χ3n) is 3.05. The van der Waals surface area contributed by atoms with Crippen LogP contribution in [0.4, 0.5) is 0 Å². The molecule has 0 saturated heterocycles. The molecule has 0 radical (unpaired) electrons. The van der Waals surface area contributed by atoms with Gasteiger partial charge in [0.25, 0.3) is 0 Å². The van der Waals surface area contributed by atoms with Gasteiger partial charge >= 0.3 is 0 Å². The van der Waals surface area contributed by atoms with Crippen LogP contribution < -0.4 is 0 Å². The molecule has 1 heterocycles. The van der Waals surface area contributed by atoms with Crippen LogP contribution >= 0.6 is 23.6 Å². The molecule has 2 aromatic rings. The van der Waals surface area contributed by atoms with Crippen LogP contribution in [0.25, 0.3) is 5.69 Å². The third kappa shape index (κ3) is 2.62. The molecule has 1 aromatic heterocycles. The maximum atomic E-state index is 10.3. The average molecular weight is 290 g/mol. The van der Waals surface area contributed by atoms with Gasteiger partial charge in [-0.2, -0.15) is 0 Å². The highest BCUT2D eigenvalue weighted by molar-refractivity contribution is 7.73. The maximum absolute atomic E-state index is 10.3. The van der Waals surface area contributed by atoms with E-state index >= 15 is 0 Å². The standard InChI is InChI=1S/C14H14N2OS2/c1-9-2-6-11(7-3-9)16-13(17)12(19-14(16)18)8-15-10-4-5-10/h2-3,6-8,10,17H,4-5H2,1H3. The van der Waals surface area contributed by atoms with Crippen molar-refractivity contribution in [3.8, 4) is 11.6 Å². The first-order chi connectivity index (χ1) is 9.15. The number of hydrogen-bond acceptors (Lipinski definition) is 4. The van der Waals surface area contributed by atoms with E-state index in [1.807, 2.05) is 31.2 Å². The fourth-order valence-electron chi connectivity index (χ4n) is 1.78. The van der Waals surface area contributed by atoms with E-state index in [0.29, 0.717) is 10.00 Å². The zero-order chi connectivity index (χ0) is 13.4. The molecule has 1 fully saturated rings. The van der Waals surface area contributed by atoms with Crippen molar-refractivity contribution in [3.63, 3.8) is 0 Å². The SMILES string of the molecule is Cc1ccc(-n2c(O)c(C=NC3CC3)sc2=S)cc1. The monoisotopic (exact) mass is 290 g/mol. The largest absolute Gasteiger partial charge is 0.493 e. The van der Waals surface area contributed by atoms with Crippen molar-refractivity contribution in [2.24, 2.45) is 4.99 Å². The van der Waals surface area contributed by atoms with Gasteiger partial charge < -0.3 is 5.11 Å². The van der Waals surface area contributed by atoms with E-state index in [-0.39, 0.29) is 5.88 Å². The first-order valence-corrected chi connectivity index (χ1v) is 7.42. The zero-order valence-corrected chi connectivity index (χ0v) is 12.2. The molecule has 1 aliphatic rings. The van der Waals surface area contributed by atoms with Crippen LogP contribution in [0.2, 0.25) is 0 Å². The van der Waals surface area contributed by atoms with E-state index in [1.165, 1.54) is 16.9 Å². The molecule has 1 aliphatic carbocycles. The van der Waals surface area contributed by atoms with Gasteiger partial charge in [-0.3, -0.25) is 9.56 Å². The molecule has 19 heavy (non-hydrogen) atoms. The molecule has 0 spiro atoms. The highest BCUT2D eigenvalue weighted by Crippen LogP contribution is 2.30. The topological polar surface area (TPSA) is 37.5 Å². The second-order valence-electron chi connectivity index (χ2n) is 4.74. The lowest BCUT2D eigenvalue weighted by Crippen LogP contribution is -1.93. The van der Waals surface area contributed by atoms with Crippen molar-refractivity contribution < 1.29 is 5.11 Å². The van der Waals surface area contributed by atoms with Crippen LogP contribution in [0.15, 0.2) is 29.3 Å². The van der Waals surface area contributed by atoms with Crippen LogP contribution in [-0.4, -0.2) is 21.9 Å². The van der Waals surface area contributed by atoms with Crippen LogP contribution in [-0.2, 0) is 0 Å². The minimum atomic E-state index is 0.184. The van der Waals surface area contributed by atoms with Gasteiger partial charge in [0.1, 0.15) is 4.88 Å². The van der Waals surface area contributed by atoms with E-state index in [9.17, 15) is 5.11 Å². The summed E-state index contributed by atoms with van der Waals surface area (Å²) < 4.78 is 2.33. The number of aryl methyl sites for hydroxylation is 1. The zero-order valence-electron chi connectivity index (χ0n) is 10.5. The predicted octanol–water partition coefficient (Wildman–Crippen LogP) is 3.86. The van der Waals surface area contributed by atoms with E-state index in [2.05, 4.69) is 4.99 Å². The number of thiazole rings is 1. The number of aromatic nitrogens is 1. The van der Waals surface area contributed by atoms with Crippen LogP contribution in [0.5, 0.6) is 5.88 Å². The summed E-state index contributed by atoms with van der Waals surface area (Å²) in [5.74, 6) is 0.184. The summed E-state index contributed by atoms with van der Waals surface area (Å²) in [5.41, 5.74) is 2.07. The fourth-order valence-corrected chi connectivity index (χ4v) is 3.01. The maximum Gasteiger partial charge on any atom is 0.216 e. The molecule has 3 rings (SSSR count). The fraction of sp³-hybridized carbons (Fsp3) is 0.286. The number of aliphatic imine (C=N–C) groups is 1. The normalized spacial score (nSPS) is 15.2. The molecule has 3 nitrogen and oxygen atoms in total. The van der Waals surface area contributed by atoms with E-state index in [4.69, 9.17) is 12.2 Å². The second-order valence-corrected chi connectivity index (χ2v) is 6.41. The van der Waals surface area contributed by atoms with Crippen molar-refractivity contribution >= 4 is 29.8 Å². The molecule has 1 aromatic carbocycles. The van der Waals surface area contributed by atoms with Gasteiger partial charge in [0.15, 0.2) is 3.95 Å². The Kier molecular flexibility index (Phi) is 3.24. The van der Waals surface area contributed by atoms with Crippen molar-refractivity contribution in [1.29, 1.82) is 0 Å². The van der Waals surface area contributed by atoms with Crippen molar-refractivity contribution in [2.75, 3.05) is 0 Å². The van der Waals surface area contributed by atoms with Crippen molar-refractivity contribution in [3.05, 3.63) is 38.7 Å². The molecule has 0 aliphatic heterocycles. The Balaban J connectivity index is 2.01. The Bertz CT molecular complexity index is 678. The molecular formula is C14H14N2OS2. The number of nitrogens with zero attached hydrogens (tertiary/aromatic N) is 2. The number of aromatic hydroxyl groups is 1. The molecular weight excluding hydrogens is 276 g/mol. The highest BCUT2D eigenvalue weighted by Gasteiger charge is 2.20. The van der Waals surface area contributed by atoms with Gasteiger partial charge in [0, 0.05) is 6.21 Å². The number of benzene rings is 1. The minimum absolute atomic E-state index is 0.184. The Morgan fingerprint density at radius 1 is 1.37 bits per heavy atom. The minimum Gasteiger partial charge on any atom is -0.493 e. The molecule has 0 bridgehead atoms. The smallest absolute Gasteiger partial charge is 0.216 e. The Labute approximate surface area is 120 Å². The van der Waals surface area contributed by atoms with Gasteiger partial charge in [-0.1, -0.05) is 29.0 Å². The lowest BCUT2D eigenvalue weighted by molar-refractivity contribution is 0.441. The summed E-state index contributed by atoms with van der Waals surface area (Å²) in [7, 11) is 0. The van der Waals surface area contributed by atoms with E-state index in [0.717, 1.165) is 23.4 Å². The summed E-state index contributed by atoms with van der Waals surface area (Å²) in [4.78, 5) is 5.13. The quantitative estimate of drug-likeness (QED) is 0.688. The molecule has 0 amide bonds. The van der Waals surface area contributed by atoms with Gasteiger partial charge in [-0.05, 0) is 44.1 Å².